The van der Waals surface area contributed by atoms with Crippen molar-refractivity contribution in [1.29, 1.82) is 0 Å². The Bertz CT molecular complexity index is 591. The van der Waals surface area contributed by atoms with E-state index in [1.807, 2.05) is 0 Å². The number of nitrogens with zero attached hydrogens (tertiary/aromatic N) is 1. The second-order valence-corrected chi connectivity index (χ2v) is 5.13. The SMILES string of the molecule is CC[C@H](NC(=O)Nc1cc([N+](=O)[O-])c(C)cc1Br)C(=O)O. The Morgan fingerprint density at radius 3 is 2.57 bits per heavy atom. The lowest BCUT2D eigenvalue weighted by molar-refractivity contribution is -0.385. The molecule has 0 saturated heterocycles. The van der Waals surface area contributed by atoms with Crippen LogP contribution >= 0.6 is 15.9 Å². The average Bonchev–Trinajstić information content (AvgIpc) is 2.38. The van der Waals surface area contributed by atoms with Crippen LogP contribution in [-0.4, -0.2) is 28.1 Å². The molecule has 1 aromatic rings. The number of urea groups is 1. The maximum atomic E-state index is 11.7. The number of hydrogen-bond acceptors (Lipinski definition) is 4. The van der Waals surface area contributed by atoms with Crippen LogP contribution in [0, 0.1) is 17.0 Å². The monoisotopic (exact) mass is 359 g/mol. The summed E-state index contributed by atoms with van der Waals surface area (Å²) in [6, 6.07) is 0.940. The van der Waals surface area contributed by atoms with Gasteiger partial charge in [-0.2, -0.15) is 0 Å². The first-order chi connectivity index (χ1) is 9.76. The fourth-order valence-electron chi connectivity index (χ4n) is 1.61. The molecule has 8 nitrogen and oxygen atoms in total. The normalized spacial score (nSPS) is 11.6. The van der Waals surface area contributed by atoms with Crippen LogP contribution in [0.25, 0.3) is 0 Å². The molecular weight excluding hydrogens is 346 g/mol. The van der Waals surface area contributed by atoms with Crippen molar-refractivity contribution in [2.45, 2.75) is 26.3 Å². The van der Waals surface area contributed by atoms with Crippen LogP contribution in [0.2, 0.25) is 0 Å². The van der Waals surface area contributed by atoms with Crippen LogP contribution in [0.1, 0.15) is 18.9 Å². The molecule has 0 bridgehead atoms. The van der Waals surface area contributed by atoms with Gasteiger partial charge in [0.25, 0.3) is 5.69 Å². The zero-order valence-corrected chi connectivity index (χ0v) is 12.9. The lowest BCUT2D eigenvalue weighted by Gasteiger charge is -2.14. The van der Waals surface area contributed by atoms with Crippen LogP contribution in [0.4, 0.5) is 16.2 Å². The summed E-state index contributed by atoms with van der Waals surface area (Å²) < 4.78 is 0.462. The molecule has 0 fully saturated rings. The molecule has 0 heterocycles. The molecule has 0 aromatic heterocycles. The van der Waals surface area contributed by atoms with Crippen molar-refractivity contribution < 1.29 is 19.6 Å². The van der Waals surface area contributed by atoms with Crippen LogP contribution in [0.15, 0.2) is 16.6 Å². The number of amides is 2. The number of nitro groups is 1. The van der Waals surface area contributed by atoms with Crippen molar-refractivity contribution in [3.63, 3.8) is 0 Å². The van der Waals surface area contributed by atoms with E-state index in [9.17, 15) is 19.7 Å². The van der Waals surface area contributed by atoms with Gasteiger partial charge >= 0.3 is 12.0 Å². The number of anilines is 1. The summed E-state index contributed by atoms with van der Waals surface area (Å²) in [4.78, 5) is 32.9. The van der Waals surface area contributed by atoms with E-state index in [0.717, 1.165) is 0 Å². The minimum Gasteiger partial charge on any atom is -0.480 e. The quantitative estimate of drug-likeness (QED) is 0.550. The van der Waals surface area contributed by atoms with E-state index in [1.54, 1.807) is 13.8 Å². The topological polar surface area (TPSA) is 122 Å². The number of carbonyl (C=O) groups is 2. The van der Waals surface area contributed by atoms with Gasteiger partial charge in [-0.05, 0) is 35.3 Å². The van der Waals surface area contributed by atoms with Gasteiger partial charge in [0, 0.05) is 16.1 Å². The smallest absolute Gasteiger partial charge is 0.326 e. The molecule has 2 amide bonds. The first-order valence-corrected chi connectivity index (χ1v) is 6.80. The highest BCUT2D eigenvalue weighted by molar-refractivity contribution is 9.10. The number of benzene rings is 1. The number of nitrogens with one attached hydrogen (secondary N) is 2. The second kappa shape index (κ2) is 7.02. The van der Waals surface area contributed by atoms with Gasteiger partial charge in [0.15, 0.2) is 0 Å². The van der Waals surface area contributed by atoms with Crippen molar-refractivity contribution in [2.75, 3.05) is 5.32 Å². The number of carboxylic acids is 1. The predicted molar refractivity (Wildman–Crippen MR) is 79.4 cm³/mol. The number of hydrogen-bond donors (Lipinski definition) is 3. The van der Waals surface area contributed by atoms with E-state index in [2.05, 4.69) is 26.6 Å². The first-order valence-electron chi connectivity index (χ1n) is 6.01. The van der Waals surface area contributed by atoms with Crippen molar-refractivity contribution in [3.8, 4) is 0 Å². The van der Waals surface area contributed by atoms with E-state index < -0.39 is 23.0 Å². The molecule has 1 rings (SSSR count). The summed E-state index contributed by atoms with van der Waals surface area (Å²) >= 11 is 3.19. The minimum absolute atomic E-state index is 0.140. The van der Waals surface area contributed by atoms with E-state index in [4.69, 9.17) is 5.11 Å². The summed E-state index contributed by atoms with van der Waals surface area (Å²) in [6.07, 6.45) is 0.220. The molecule has 21 heavy (non-hydrogen) atoms. The Hall–Kier alpha value is -2.16. The third-order valence-electron chi connectivity index (χ3n) is 2.74. The highest BCUT2D eigenvalue weighted by atomic mass is 79.9. The highest BCUT2D eigenvalue weighted by Gasteiger charge is 2.19. The van der Waals surface area contributed by atoms with Crippen LogP contribution in [-0.2, 0) is 4.79 Å². The Labute approximate surface area is 128 Å². The van der Waals surface area contributed by atoms with E-state index in [0.29, 0.717) is 10.0 Å². The molecule has 0 spiro atoms. The zero-order chi connectivity index (χ0) is 16.2. The summed E-state index contributed by atoms with van der Waals surface area (Å²) in [6.45, 7) is 3.19. The molecule has 0 unspecified atom stereocenters. The summed E-state index contributed by atoms with van der Waals surface area (Å²) in [5, 5.41) is 24.4. The third kappa shape index (κ3) is 4.42. The predicted octanol–water partition coefficient (Wildman–Crippen LogP) is 2.65. The van der Waals surface area contributed by atoms with Crippen LogP contribution in [0.3, 0.4) is 0 Å². The number of carboxylic acid groups (broad SMARTS) is 1. The van der Waals surface area contributed by atoms with E-state index in [-0.39, 0.29) is 17.8 Å². The second-order valence-electron chi connectivity index (χ2n) is 4.27. The standard InChI is InChI=1S/C12H14BrN3O5/c1-3-8(11(17)18)14-12(19)15-9-5-10(16(20)21)6(2)4-7(9)13/h4-5,8H,3H2,1-2H3,(H,17,18)(H2,14,15,19)/t8-/m0/s1. The van der Waals surface area contributed by atoms with E-state index in [1.165, 1.54) is 12.1 Å². The largest absolute Gasteiger partial charge is 0.480 e. The molecule has 9 heteroatoms. The molecule has 3 N–H and O–H groups in total. The number of rotatable bonds is 5. The number of nitro benzene ring substituents is 1. The Morgan fingerprint density at radius 2 is 2.10 bits per heavy atom. The Kier molecular flexibility index (Phi) is 5.65. The van der Waals surface area contributed by atoms with Crippen LogP contribution < -0.4 is 10.6 Å². The van der Waals surface area contributed by atoms with Gasteiger partial charge in [-0.1, -0.05) is 6.92 Å². The minimum atomic E-state index is -1.15. The van der Waals surface area contributed by atoms with Crippen LogP contribution in [0.5, 0.6) is 0 Å². The lowest BCUT2D eigenvalue weighted by atomic mass is 10.2. The maximum Gasteiger partial charge on any atom is 0.326 e. The van der Waals surface area contributed by atoms with Crippen molar-refractivity contribution in [2.24, 2.45) is 0 Å². The zero-order valence-electron chi connectivity index (χ0n) is 11.3. The molecule has 0 aliphatic rings. The summed E-state index contributed by atoms with van der Waals surface area (Å²) in [7, 11) is 0. The third-order valence-corrected chi connectivity index (χ3v) is 3.40. The summed E-state index contributed by atoms with van der Waals surface area (Å²) in [5.74, 6) is -1.15. The highest BCUT2D eigenvalue weighted by Crippen LogP contribution is 2.30. The Balaban J connectivity index is 2.92. The molecule has 1 aromatic carbocycles. The Morgan fingerprint density at radius 1 is 1.48 bits per heavy atom. The van der Waals surface area contributed by atoms with Gasteiger partial charge in [-0.25, -0.2) is 9.59 Å². The summed E-state index contributed by atoms with van der Waals surface area (Å²) in [5.41, 5.74) is 0.485. The van der Waals surface area contributed by atoms with Gasteiger partial charge in [0.2, 0.25) is 0 Å². The van der Waals surface area contributed by atoms with Crippen molar-refractivity contribution >= 4 is 39.3 Å². The van der Waals surface area contributed by atoms with Gasteiger partial charge in [-0.3, -0.25) is 10.1 Å². The molecule has 0 aliphatic heterocycles. The maximum absolute atomic E-state index is 11.7. The van der Waals surface area contributed by atoms with Crippen molar-refractivity contribution in [3.05, 3.63) is 32.3 Å². The number of halogens is 1. The molecule has 0 radical (unpaired) electrons. The molecular formula is C12H14BrN3O5. The van der Waals surface area contributed by atoms with Gasteiger partial charge in [0.05, 0.1) is 10.6 Å². The van der Waals surface area contributed by atoms with E-state index >= 15 is 0 Å². The van der Waals surface area contributed by atoms with Gasteiger partial charge < -0.3 is 15.7 Å². The molecule has 1 atom stereocenters. The average molecular weight is 360 g/mol. The fourth-order valence-corrected chi connectivity index (χ4v) is 2.17. The number of aliphatic carboxylic acids is 1. The van der Waals surface area contributed by atoms with Crippen molar-refractivity contribution in [1.82, 2.24) is 5.32 Å². The molecule has 114 valence electrons. The van der Waals surface area contributed by atoms with Gasteiger partial charge in [-0.15, -0.1) is 0 Å². The molecule has 0 aliphatic carbocycles. The number of aryl methyl sites for hydroxylation is 1. The fraction of sp³-hybridized carbons (Fsp3) is 0.333. The lowest BCUT2D eigenvalue weighted by Crippen LogP contribution is -2.42. The van der Waals surface area contributed by atoms with Gasteiger partial charge in [0.1, 0.15) is 6.04 Å². The first kappa shape index (κ1) is 16.9. The number of carbonyl (C=O) groups excluding carboxylic acids is 1. The molecule has 0 saturated carbocycles.